The van der Waals surface area contributed by atoms with Crippen LogP contribution in [0.5, 0.6) is 0 Å². The third kappa shape index (κ3) is 3.86. The fourth-order valence-electron chi connectivity index (χ4n) is 2.77. The number of hydrogen-bond donors (Lipinski definition) is 1. The summed E-state index contributed by atoms with van der Waals surface area (Å²) in [5.74, 6) is 0.427. The van der Waals surface area contributed by atoms with Gasteiger partial charge in [0.25, 0.3) is 0 Å². The van der Waals surface area contributed by atoms with E-state index in [1.165, 1.54) is 0 Å². The molecule has 21 heavy (non-hydrogen) atoms. The second-order valence-electron chi connectivity index (χ2n) is 5.59. The molecule has 114 valence electrons. The molecule has 0 bridgehead atoms. The summed E-state index contributed by atoms with van der Waals surface area (Å²) >= 11 is 0. The molecule has 0 unspecified atom stereocenters. The van der Waals surface area contributed by atoms with Gasteiger partial charge in [-0.3, -0.25) is 14.9 Å². The van der Waals surface area contributed by atoms with Crippen molar-refractivity contribution in [1.29, 1.82) is 0 Å². The molecule has 1 amide bonds. The van der Waals surface area contributed by atoms with Crippen molar-refractivity contribution in [3.05, 3.63) is 17.5 Å². The SMILES string of the molecule is CCCC(CCC)C(=O)Nc1ncc2c(n1)CCCC2=O. The molecule has 0 saturated carbocycles. The van der Waals surface area contributed by atoms with E-state index in [1.807, 2.05) is 0 Å². The lowest BCUT2D eigenvalue weighted by molar-refractivity contribution is -0.120. The van der Waals surface area contributed by atoms with Gasteiger partial charge in [-0.1, -0.05) is 26.7 Å². The fraction of sp³-hybridized carbons (Fsp3) is 0.625. The minimum Gasteiger partial charge on any atom is -0.294 e. The second kappa shape index (κ2) is 7.29. The van der Waals surface area contributed by atoms with Crippen LogP contribution < -0.4 is 5.32 Å². The van der Waals surface area contributed by atoms with E-state index in [4.69, 9.17) is 0 Å². The van der Waals surface area contributed by atoms with Crippen LogP contribution in [0.1, 0.15) is 68.4 Å². The summed E-state index contributed by atoms with van der Waals surface area (Å²) in [7, 11) is 0. The zero-order valence-electron chi connectivity index (χ0n) is 12.8. The van der Waals surface area contributed by atoms with E-state index < -0.39 is 0 Å². The number of carbonyl (C=O) groups is 2. The molecular weight excluding hydrogens is 266 g/mol. The summed E-state index contributed by atoms with van der Waals surface area (Å²) in [6.45, 7) is 4.16. The number of aromatic nitrogens is 2. The highest BCUT2D eigenvalue weighted by molar-refractivity contribution is 5.98. The molecule has 0 radical (unpaired) electrons. The first-order chi connectivity index (χ1) is 10.2. The third-order valence-corrected chi connectivity index (χ3v) is 3.87. The smallest absolute Gasteiger partial charge is 0.229 e. The number of Topliss-reactive ketones (excluding diaryl/α,β-unsaturated/α-hetero) is 1. The van der Waals surface area contributed by atoms with Gasteiger partial charge in [-0.2, -0.15) is 0 Å². The van der Waals surface area contributed by atoms with Crippen molar-refractivity contribution in [3.63, 3.8) is 0 Å². The van der Waals surface area contributed by atoms with Gasteiger partial charge in [-0.05, 0) is 25.7 Å². The minimum atomic E-state index is -0.0132. The van der Waals surface area contributed by atoms with Gasteiger partial charge in [-0.15, -0.1) is 0 Å². The quantitative estimate of drug-likeness (QED) is 0.873. The summed E-state index contributed by atoms with van der Waals surface area (Å²) in [5.41, 5.74) is 1.37. The molecule has 0 aromatic carbocycles. The maximum atomic E-state index is 12.3. The van der Waals surface area contributed by atoms with Crippen LogP contribution >= 0.6 is 0 Å². The summed E-state index contributed by atoms with van der Waals surface area (Å²) < 4.78 is 0. The van der Waals surface area contributed by atoms with Crippen LogP contribution in [0.3, 0.4) is 0 Å². The van der Waals surface area contributed by atoms with Crippen molar-refractivity contribution >= 4 is 17.6 Å². The van der Waals surface area contributed by atoms with Crippen LogP contribution in [0, 0.1) is 5.92 Å². The highest BCUT2D eigenvalue weighted by Crippen LogP contribution is 2.20. The summed E-state index contributed by atoms with van der Waals surface area (Å²) in [6.07, 6.45) is 7.44. The molecule has 0 fully saturated rings. The molecule has 1 aromatic rings. The van der Waals surface area contributed by atoms with E-state index >= 15 is 0 Å². The Morgan fingerprint density at radius 1 is 1.29 bits per heavy atom. The van der Waals surface area contributed by atoms with Crippen LogP contribution in [0.2, 0.25) is 0 Å². The van der Waals surface area contributed by atoms with Gasteiger partial charge >= 0.3 is 0 Å². The van der Waals surface area contributed by atoms with Gasteiger partial charge in [0, 0.05) is 18.5 Å². The maximum Gasteiger partial charge on any atom is 0.229 e. The molecule has 1 aliphatic carbocycles. The highest BCUT2D eigenvalue weighted by Gasteiger charge is 2.21. The number of nitrogens with one attached hydrogen (secondary N) is 1. The number of hydrogen-bond acceptors (Lipinski definition) is 4. The Morgan fingerprint density at radius 3 is 2.67 bits per heavy atom. The first-order valence-corrected chi connectivity index (χ1v) is 7.85. The number of rotatable bonds is 6. The average Bonchev–Trinajstić information content (AvgIpc) is 2.47. The van der Waals surface area contributed by atoms with Gasteiger partial charge in [0.2, 0.25) is 11.9 Å². The number of anilines is 1. The molecule has 5 nitrogen and oxygen atoms in total. The number of aryl methyl sites for hydroxylation is 1. The van der Waals surface area contributed by atoms with Crippen LogP contribution in [0.25, 0.3) is 0 Å². The van der Waals surface area contributed by atoms with E-state index in [1.54, 1.807) is 6.20 Å². The molecule has 0 aliphatic heterocycles. The number of amides is 1. The van der Waals surface area contributed by atoms with Crippen LogP contribution in [0.4, 0.5) is 5.95 Å². The molecule has 0 saturated heterocycles. The zero-order valence-corrected chi connectivity index (χ0v) is 12.8. The largest absolute Gasteiger partial charge is 0.294 e. The number of carbonyl (C=O) groups excluding carboxylic acids is 2. The van der Waals surface area contributed by atoms with Crippen molar-refractivity contribution in [2.45, 2.75) is 58.8 Å². The Bertz CT molecular complexity index is 522. The summed E-state index contributed by atoms with van der Waals surface area (Å²) in [5, 5.41) is 2.80. The molecular formula is C16H23N3O2. The van der Waals surface area contributed by atoms with Gasteiger partial charge in [0.1, 0.15) is 0 Å². The molecule has 0 atom stereocenters. The number of fused-ring (bicyclic) bond motifs is 1. The Labute approximate surface area is 125 Å². The second-order valence-corrected chi connectivity index (χ2v) is 5.59. The predicted molar refractivity (Wildman–Crippen MR) is 81.2 cm³/mol. The van der Waals surface area contributed by atoms with Crippen molar-refractivity contribution in [1.82, 2.24) is 9.97 Å². The molecule has 1 aliphatic rings. The maximum absolute atomic E-state index is 12.3. The van der Waals surface area contributed by atoms with E-state index in [0.29, 0.717) is 17.9 Å². The Hall–Kier alpha value is -1.78. The summed E-state index contributed by atoms with van der Waals surface area (Å²) in [4.78, 5) is 32.5. The average molecular weight is 289 g/mol. The van der Waals surface area contributed by atoms with Gasteiger partial charge in [0.05, 0.1) is 11.3 Å². The monoisotopic (exact) mass is 289 g/mol. The molecule has 5 heteroatoms. The zero-order chi connectivity index (χ0) is 15.2. The van der Waals surface area contributed by atoms with Crippen molar-refractivity contribution in [2.75, 3.05) is 5.32 Å². The molecule has 1 heterocycles. The Morgan fingerprint density at radius 2 is 2.00 bits per heavy atom. The van der Waals surface area contributed by atoms with Gasteiger partial charge in [-0.25, -0.2) is 9.97 Å². The minimum absolute atomic E-state index is 0.0132. The number of nitrogens with zero attached hydrogens (tertiary/aromatic N) is 2. The lowest BCUT2D eigenvalue weighted by atomic mass is 9.96. The molecule has 2 rings (SSSR count). The molecule has 1 N–H and O–H groups in total. The Balaban J connectivity index is 2.08. The van der Waals surface area contributed by atoms with Gasteiger partial charge in [0.15, 0.2) is 5.78 Å². The standard InChI is InChI=1S/C16H23N3O2/c1-3-6-11(7-4-2)15(21)19-16-17-10-12-13(18-16)8-5-9-14(12)20/h10-11H,3-9H2,1-2H3,(H,17,18,19,21). The Kier molecular flexibility index (Phi) is 5.42. The van der Waals surface area contributed by atoms with Crippen LogP contribution in [-0.2, 0) is 11.2 Å². The number of ketones is 1. The predicted octanol–water partition coefficient (Wildman–Crippen LogP) is 3.15. The van der Waals surface area contributed by atoms with Crippen LogP contribution in [0.15, 0.2) is 6.20 Å². The van der Waals surface area contributed by atoms with E-state index in [-0.39, 0.29) is 17.6 Å². The molecule has 1 aromatic heterocycles. The van der Waals surface area contributed by atoms with Crippen LogP contribution in [-0.4, -0.2) is 21.7 Å². The highest BCUT2D eigenvalue weighted by atomic mass is 16.2. The fourth-order valence-corrected chi connectivity index (χ4v) is 2.77. The van der Waals surface area contributed by atoms with Crippen molar-refractivity contribution in [3.8, 4) is 0 Å². The summed E-state index contributed by atoms with van der Waals surface area (Å²) in [6, 6.07) is 0. The molecule has 0 spiro atoms. The first-order valence-electron chi connectivity index (χ1n) is 7.85. The lowest BCUT2D eigenvalue weighted by Gasteiger charge is -2.16. The normalized spacial score (nSPS) is 14.1. The van der Waals surface area contributed by atoms with E-state index in [9.17, 15) is 9.59 Å². The topological polar surface area (TPSA) is 72.0 Å². The van der Waals surface area contributed by atoms with Crippen molar-refractivity contribution in [2.24, 2.45) is 5.92 Å². The van der Waals surface area contributed by atoms with Gasteiger partial charge < -0.3 is 0 Å². The van der Waals surface area contributed by atoms with E-state index in [0.717, 1.165) is 44.2 Å². The van der Waals surface area contributed by atoms with Crippen molar-refractivity contribution < 1.29 is 9.59 Å². The third-order valence-electron chi connectivity index (χ3n) is 3.87. The first kappa shape index (κ1) is 15.6. The lowest BCUT2D eigenvalue weighted by Crippen LogP contribution is -2.25. The van der Waals surface area contributed by atoms with E-state index in [2.05, 4.69) is 29.1 Å².